The van der Waals surface area contributed by atoms with E-state index in [4.69, 9.17) is 10.3 Å². The molecule has 0 aromatic carbocycles. The second kappa shape index (κ2) is 14.7. The first-order chi connectivity index (χ1) is 11.4. The minimum atomic E-state index is -4.36. The molecule has 0 fully saturated rings. The third kappa shape index (κ3) is 13.8. The molecular weight excluding hydrogens is 326 g/mol. The fourth-order valence-electron chi connectivity index (χ4n) is 2.96. The van der Waals surface area contributed by atoms with Crippen LogP contribution in [-0.4, -0.2) is 24.1 Å². The number of carbonyl (C=O) groups excluding carboxylic acids is 1. The van der Waals surface area contributed by atoms with Gasteiger partial charge in [-0.25, -0.2) is 0 Å². The minimum absolute atomic E-state index is 0.117. The molecule has 0 aromatic rings. The van der Waals surface area contributed by atoms with E-state index in [1.54, 1.807) is 0 Å². The molecule has 3 N–H and O–H groups in total. The van der Waals surface area contributed by atoms with Crippen molar-refractivity contribution in [2.75, 3.05) is 0 Å². The van der Waals surface area contributed by atoms with E-state index < -0.39 is 21.3 Å². The van der Waals surface area contributed by atoms with Gasteiger partial charge in [-0.2, -0.15) is 8.42 Å². The second-order valence-electron chi connectivity index (χ2n) is 6.79. The number of hydrogen-bond donors (Lipinski definition) is 2. The lowest BCUT2D eigenvalue weighted by Crippen LogP contribution is -2.35. The zero-order valence-electron chi connectivity index (χ0n) is 15.3. The number of unbranched alkanes of at least 4 members (excludes halogenated alkanes) is 13. The van der Waals surface area contributed by atoms with E-state index in [2.05, 4.69) is 6.92 Å². The quantitative estimate of drug-likeness (QED) is 0.291. The van der Waals surface area contributed by atoms with Crippen LogP contribution < -0.4 is 5.73 Å². The highest BCUT2D eigenvalue weighted by Crippen LogP contribution is 2.15. The minimum Gasteiger partial charge on any atom is -0.368 e. The van der Waals surface area contributed by atoms with Crippen LogP contribution in [0.15, 0.2) is 0 Å². The van der Waals surface area contributed by atoms with Gasteiger partial charge in [0.25, 0.3) is 10.1 Å². The molecule has 0 heterocycles. The van der Waals surface area contributed by atoms with Crippen LogP contribution in [0.2, 0.25) is 0 Å². The Labute approximate surface area is 148 Å². The number of carbonyl (C=O) groups is 1. The van der Waals surface area contributed by atoms with E-state index in [9.17, 15) is 13.2 Å². The van der Waals surface area contributed by atoms with Crippen LogP contribution in [0, 0.1) is 0 Å². The van der Waals surface area contributed by atoms with Crippen LogP contribution in [0.4, 0.5) is 0 Å². The van der Waals surface area contributed by atoms with Crippen LogP contribution in [-0.2, 0) is 14.9 Å². The Kier molecular flexibility index (Phi) is 14.3. The van der Waals surface area contributed by atoms with Gasteiger partial charge >= 0.3 is 0 Å². The summed E-state index contributed by atoms with van der Waals surface area (Å²) in [5.41, 5.74) is 5.00. The lowest BCUT2D eigenvalue weighted by Gasteiger charge is -2.09. The normalized spacial score (nSPS) is 13.1. The van der Waals surface area contributed by atoms with E-state index in [0.29, 0.717) is 6.42 Å². The predicted octanol–water partition coefficient (Wildman–Crippen LogP) is 4.60. The lowest BCUT2D eigenvalue weighted by atomic mass is 10.0. The van der Waals surface area contributed by atoms with Crippen molar-refractivity contribution < 1.29 is 17.8 Å². The molecule has 0 bridgehead atoms. The monoisotopic (exact) mass is 363 g/mol. The average molecular weight is 364 g/mol. The number of rotatable bonds is 17. The molecule has 0 rings (SSSR count). The molecule has 144 valence electrons. The Balaban J connectivity index is 3.38. The Hall–Kier alpha value is -0.620. The Morgan fingerprint density at radius 2 is 1.12 bits per heavy atom. The van der Waals surface area contributed by atoms with Gasteiger partial charge in [-0.1, -0.05) is 96.8 Å². The highest BCUT2D eigenvalue weighted by atomic mass is 32.2. The smallest absolute Gasteiger partial charge is 0.276 e. The van der Waals surface area contributed by atoms with E-state index in [0.717, 1.165) is 19.3 Å². The van der Waals surface area contributed by atoms with Gasteiger partial charge in [-0.15, -0.1) is 0 Å². The molecule has 0 aromatic heterocycles. The van der Waals surface area contributed by atoms with Crippen molar-refractivity contribution >= 4 is 16.0 Å². The summed E-state index contributed by atoms with van der Waals surface area (Å²) in [5.74, 6) is -0.966. The molecule has 0 radical (unpaired) electrons. The predicted molar refractivity (Wildman–Crippen MR) is 99.5 cm³/mol. The molecule has 1 amide bonds. The highest BCUT2D eigenvalue weighted by Gasteiger charge is 2.27. The maximum atomic E-state index is 11.0. The summed E-state index contributed by atoms with van der Waals surface area (Å²) in [5, 5.41) is -1.45. The first kappa shape index (κ1) is 23.4. The summed E-state index contributed by atoms with van der Waals surface area (Å²) in [6.07, 6.45) is 17.0. The maximum Gasteiger partial charge on any atom is 0.276 e. The van der Waals surface area contributed by atoms with Crippen LogP contribution in [0.3, 0.4) is 0 Å². The van der Waals surface area contributed by atoms with E-state index in [-0.39, 0.29) is 6.42 Å². The van der Waals surface area contributed by atoms with Gasteiger partial charge in [-0.05, 0) is 6.42 Å². The zero-order chi connectivity index (χ0) is 18.3. The summed E-state index contributed by atoms with van der Waals surface area (Å²) in [6.45, 7) is 2.24. The summed E-state index contributed by atoms with van der Waals surface area (Å²) in [4.78, 5) is 11.0. The van der Waals surface area contributed by atoms with E-state index in [1.165, 1.54) is 64.2 Å². The summed E-state index contributed by atoms with van der Waals surface area (Å²) >= 11 is 0. The molecule has 0 spiro atoms. The van der Waals surface area contributed by atoms with Crippen molar-refractivity contribution in [2.24, 2.45) is 5.73 Å². The molecule has 6 heteroatoms. The number of nitrogens with two attached hydrogens (primary N) is 1. The van der Waals surface area contributed by atoms with Crippen molar-refractivity contribution in [2.45, 2.75) is 108 Å². The lowest BCUT2D eigenvalue weighted by molar-refractivity contribution is -0.117. The van der Waals surface area contributed by atoms with Gasteiger partial charge in [0.15, 0.2) is 5.25 Å². The fourth-order valence-corrected chi connectivity index (χ4v) is 3.72. The molecule has 0 saturated carbocycles. The van der Waals surface area contributed by atoms with Crippen molar-refractivity contribution in [3.05, 3.63) is 0 Å². The molecule has 0 aliphatic heterocycles. The first-order valence-electron chi connectivity index (χ1n) is 9.65. The molecule has 0 aliphatic carbocycles. The Bertz CT molecular complexity index is 409. The maximum absolute atomic E-state index is 11.0. The number of amides is 1. The second-order valence-corrected chi connectivity index (χ2v) is 8.39. The molecule has 1 atom stereocenters. The average Bonchev–Trinajstić information content (AvgIpc) is 2.49. The largest absolute Gasteiger partial charge is 0.368 e. The van der Waals surface area contributed by atoms with Crippen molar-refractivity contribution in [3.63, 3.8) is 0 Å². The van der Waals surface area contributed by atoms with Crippen molar-refractivity contribution in [1.82, 2.24) is 0 Å². The molecule has 24 heavy (non-hydrogen) atoms. The standard InChI is InChI=1S/C18H37NO4S/c1-2-3-4-5-6-7-8-9-10-11-12-13-14-15-16-17(18(19)20)24(21,22)23/h17H,2-16H2,1H3,(H2,19,20)(H,21,22,23). The molecular formula is C18H37NO4S. The third-order valence-electron chi connectivity index (χ3n) is 4.50. The van der Waals surface area contributed by atoms with Crippen molar-refractivity contribution in [1.29, 1.82) is 0 Å². The van der Waals surface area contributed by atoms with Gasteiger partial charge in [0.2, 0.25) is 5.91 Å². The Morgan fingerprint density at radius 3 is 1.42 bits per heavy atom. The van der Waals surface area contributed by atoms with Crippen LogP contribution in [0.1, 0.15) is 103 Å². The molecule has 0 aliphatic rings. The molecule has 1 unspecified atom stereocenters. The van der Waals surface area contributed by atoms with Gasteiger partial charge in [-0.3, -0.25) is 9.35 Å². The van der Waals surface area contributed by atoms with Gasteiger partial charge in [0.1, 0.15) is 0 Å². The van der Waals surface area contributed by atoms with Crippen LogP contribution in [0.25, 0.3) is 0 Å². The van der Waals surface area contributed by atoms with Gasteiger partial charge in [0.05, 0.1) is 0 Å². The summed E-state index contributed by atoms with van der Waals surface area (Å²) < 4.78 is 30.9. The fraction of sp³-hybridized carbons (Fsp3) is 0.944. The van der Waals surface area contributed by atoms with Gasteiger partial charge in [0, 0.05) is 0 Å². The number of hydrogen-bond acceptors (Lipinski definition) is 3. The third-order valence-corrected chi connectivity index (χ3v) is 5.68. The summed E-state index contributed by atoms with van der Waals surface area (Å²) in [6, 6.07) is 0. The molecule has 5 nitrogen and oxygen atoms in total. The molecule has 0 saturated heterocycles. The van der Waals surface area contributed by atoms with Crippen LogP contribution in [0.5, 0.6) is 0 Å². The van der Waals surface area contributed by atoms with E-state index >= 15 is 0 Å². The van der Waals surface area contributed by atoms with Gasteiger partial charge < -0.3 is 5.73 Å². The van der Waals surface area contributed by atoms with Crippen molar-refractivity contribution in [3.8, 4) is 0 Å². The van der Waals surface area contributed by atoms with E-state index in [1.807, 2.05) is 0 Å². The first-order valence-corrected chi connectivity index (χ1v) is 11.2. The highest BCUT2D eigenvalue weighted by molar-refractivity contribution is 7.87. The SMILES string of the molecule is CCCCCCCCCCCCCCCCC(C(N)=O)S(=O)(=O)O. The van der Waals surface area contributed by atoms with Crippen LogP contribution >= 0.6 is 0 Å². The zero-order valence-corrected chi connectivity index (χ0v) is 16.2. The Morgan fingerprint density at radius 1 is 0.792 bits per heavy atom. The summed E-state index contributed by atoms with van der Waals surface area (Å²) in [7, 11) is -4.36. The topological polar surface area (TPSA) is 97.5 Å². The number of primary amides is 1.